The molecule has 0 fully saturated rings. The molecule has 0 radical (unpaired) electrons. The summed E-state index contributed by atoms with van der Waals surface area (Å²) in [5.74, 6) is 0.262. The van der Waals surface area contributed by atoms with Gasteiger partial charge in [0.15, 0.2) is 0 Å². The standard InChI is InChI=1S/C22H28N2O/c1-2-3-9-22(23)20-12-10-19(11-13-20)17-24-15-14-21(25)16-18-7-5-4-6-8-18/h4-8,10-13,23-24H,2-3,9,14-17H2,1H3. The Labute approximate surface area is 151 Å². The number of benzene rings is 2. The summed E-state index contributed by atoms with van der Waals surface area (Å²) in [6.45, 7) is 3.59. The van der Waals surface area contributed by atoms with E-state index in [0.29, 0.717) is 25.1 Å². The van der Waals surface area contributed by atoms with E-state index in [-0.39, 0.29) is 5.78 Å². The summed E-state index contributed by atoms with van der Waals surface area (Å²) in [4.78, 5) is 12.0. The second kappa shape index (κ2) is 10.6. The van der Waals surface area contributed by atoms with E-state index in [1.165, 1.54) is 5.56 Å². The highest BCUT2D eigenvalue weighted by Crippen LogP contribution is 2.09. The van der Waals surface area contributed by atoms with E-state index in [0.717, 1.165) is 36.9 Å². The molecule has 0 aliphatic rings. The van der Waals surface area contributed by atoms with Crippen molar-refractivity contribution in [1.82, 2.24) is 5.32 Å². The monoisotopic (exact) mass is 336 g/mol. The lowest BCUT2D eigenvalue weighted by molar-refractivity contribution is -0.118. The Kier molecular flexibility index (Phi) is 8.06. The van der Waals surface area contributed by atoms with Gasteiger partial charge in [0.2, 0.25) is 0 Å². The van der Waals surface area contributed by atoms with Crippen LogP contribution in [-0.4, -0.2) is 18.0 Å². The minimum atomic E-state index is 0.262. The van der Waals surface area contributed by atoms with Crippen LogP contribution in [0.1, 0.15) is 49.3 Å². The van der Waals surface area contributed by atoms with Crippen molar-refractivity contribution in [3.05, 3.63) is 71.3 Å². The van der Waals surface area contributed by atoms with Crippen molar-refractivity contribution in [2.75, 3.05) is 6.54 Å². The number of ketones is 1. The van der Waals surface area contributed by atoms with E-state index >= 15 is 0 Å². The fourth-order valence-electron chi connectivity index (χ4n) is 2.69. The van der Waals surface area contributed by atoms with Gasteiger partial charge >= 0.3 is 0 Å². The molecule has 0 heterocycles. The van der Waals surface area contributed by atoms with E-state index in [9.17, 15) is 4.79 Å². The molecule has 0 saturated heterocycles. The zero-order valence-electron chi connectivity index (χ0n) is 15.1. The third kappa shape index (κ3) is 7.02. The molecule has 3 heteroatoms. The number of hydrogen-bond donors (Lipinski definition) is 2. The van der Waals surface area contributed by atoms with Crippen molar-refractivity contribution in [1.29, 1.82) is 5.41 Å². The fourth-order valence-corrected chi connectivity index (χ4v) is 2.69. The molecule has 2 N–H and O–H groups in total. The summed E-state index contributed by atoms with van der Waals surface area (Å²) in [5, 5.41) is 11.4. The van der Waals surface area contributed by atoms with Gasteiger partial charge in [-0.1, -0.05) is 67.9 Å². The summed E-state index contributed by atoms with van der Waals surface area (Å²) < 4.78 is 0. The first-order chi connectivity index (χ1) is 12.2. The van der Waals surface area contributed by atoms with Crippen LogP contribution in [0.2, 0.25) is 0 Å². The normalized spacial score (nSPS) is 10.6. The van der Waals surface area contributed by atoms with Crippen LogP contribution >= 0.6 is 0 Å². The highest BCUT2D eigenvalue weighted by molar-refractivity contribution is 5.98. The second-order valence-electron chi connectivity index (χ2n) is 6.41. The summed E-state index contributed by atoms with van der Waals surface area (Å²) in [7, 11) is 0. The van der Waals surface area contributed by atoms with E-state index in [1.807, 2.05) is 42.5 Å². The molecule has 2 rings (SSSR count). The summed E-state index contributed by atoms with van der Waals surface area (Å²) in [6.07, 6.45) is 4.09. The number of hydrogen-bond acceptors (Lipinski definition) is 3. The van der Waals surface area contributed by atoms with Crippen LogP contribution in [0.4, 0.5) is 0 Å². The molecular weight excluding hydrogens is 308 g/mol. The van der Waals surface area contributed by atoms with Crippen molar-refractivity contribution in [3.8, 4) is 0 Å². The highest BCUT2D eigenvalue weighted by Gasteiger charge is 2.04. The van der Waals surface area contributed by atoms with Gasteiger partial charge in [-0.2, -0.15) is 0 Å². The van der Waals surface area contributed by atoms with Gasteiger partial charge in [0.1, 0.15) is 5.78 Å². The van der Waals surface area contributed by atoms with Gasteiger partial charge in [-0.05, 0) is 29.5 Å². The van der Waals surface area contributed by atoms with Crippen LogP contribution in [0, 0.1) is 5.41 Å². The number of nitrogens with one attached hydrogen (secondary N) is 2. The molecule has 0 aromatic heterocycles. The van der Waals surface area contributed by atoms with Gasteiger partial charge in [-0.15, -0.1) is 0 Å². The Bertz CT molecular complexity index is 662. The Morgan fingerprint density at radius 1 is 0.960 bits per heavy atom. The molecule has 0 saturated carbocycles. The van der Waals surface area contributed by atoms with Crippen molar-refractivity contribution < 1.29 is 4.79 Å². The zero-order valence-corrected chi connectivity index (χ0v) is 15.1. The largest absolute Gasteiger partial charge is 0.312 e. The van der Waals surface area contributed by atoms with Gasteiger partial charge in [-0.25, -0.2) is 0 Å². The molecule has 2 aromatic carbocycles. The minimum absolute atomic E-state index is 0.262. The van der Waals surface area contributed by atoms with Crippen LogP contribution in [0.25, 0.3) is 0 Å². The predicted molar refractivity (Wildman–Crippen MR) is 104 cm³/mol. The van der Waals surface area contributed by atoms with Gasteiger partial charge in [0.25, 0.3) is 0 Å². The van der Waals surface area contributed by atoms with Gasteiger partial charge in [0.05, 0.1) is 0 Å². The van der Waals surface area contributed by atoms with Crippen molar-refractivity contribution in [2.24, 2.45) is 0 Å². The Morgan fingerprint density at radius 2 is 1.68 bits per heavy atom. The van der Waals surface area contributed by atoms with Gasteiger partial charge in [-0.3, -0.25) is 4.79 Å². The molecule has 132 valence electrons. The van der Waals surface area contributed by atoms with Crippen LogP contribution in [0.15, 0.2) is 54.6 Å². The van der Waals surface area contributed by atoms with Crippen LogP contribution in [-0.2, 0) is 17.8 Å². The third-order valence-electron chi connectivity index (χ3n) is 4.24. The Balaban J connectivity index is 1.67. The second-order valence-corrected chi connectivity index (χ2v) is 6.41. The predicted octanol–water partition coefficient (Wildman–Crippen LogP) is 4.54. The molecule has 0 amide bonds. The lowest BCUT2D eigenvalue weighted by atomic mass is 10.0. The quantitative estimate of drug-likeness (QED) is 0.468. The summed E-state index contributed by atoms with van der Waals surface area (Å²) in [6, 6.07) is 18.1. The maximum atomic E-state index is 12.0. The average molecular weight is 336 g/mol. The summed E-state index contributed by atoms with van der Waals surface area (Å²) >= 11 is 0. The highest BCUT2D eigenvalue weighted by atomic mass is 16.1. The first-order valence-electron chi connectivity index (χ1n) is 9.12. The Hall–Kier alpha value is -2.26. The molecular formula is C22H28N2O. The van der Waals surface area contributed by atoms with Crippen LogP contribution < -0.4 is 5.32 Å². The van der Waals surface area contributed by atoms with E-state index < -0.39 is 0 Å². The number of Topliss-reactive ketones (excluding diaryl/α,β-unsaturated/α-hetero) is 1. The van der Waals surface area contributed by atoms with Crippen LogP contribution in [0.3, 0.4) is 0 Å². The maximum Gasteiger partial charge on any atom is 0.138 e. The molecule has 3 nitrogen and oxygen atoms in total. The first-order valence-corrected chi connectivity index (χ1v) is 9.12. The maximum absolute atomic E-state index is 12.0. The average Bonchev–Trinajstić information content (AvgIpc) is 2.64. The Morgan fingerprint density at radius 3 is 2.36 bits per heavy atom. The smallest absolute Gasteiger partial charge is 0.138 e. The number of carbonyl (C=O) groups is 1. The first kappa shape index (κ1) is 19.1. The topological polar surface area (TPSA) is 53.0 Å². The van der Waals surface area contributed by atoms with E-state index in [4.69, 9.17) is 5.41 Å². The zero-order chi connectivity index (χ0) is 17.9. The lowest BCUT2D eigenvalue weighted by Crippen LogP contribution is -2.18. The lowest BCUT2D eigenvalue weighted by Gasteiger charge is -2.07. The SMILES string of the molecule is CCCCC(=N)c1ccc(CNCCC(=O)Cc2ccccc2)cc1. The minimum Gasteiger partial charge on any atom is -0.312 e. The van der Waals surface area contributed by atoms with Crippen LogP contribution in [0.5, 0.6) is 0 Å². The van der Waals surface area contributed by atoms with E-state index in [2.05, 4.69) is 24.4 Å². The summed E-state index contributed by atoms with van der Waals surface area (Å²) in [5.41, 5.74) is 3.99. The van der Waals surface area contributed by atoms with Crippen molar-refractivity contribution in [3.63, 3.8) is 0 Å². The van der Waals surface area contributed by atoms with Crippen molar-refractivity contribution in [2.45, 2.75) is 45.6 Å². The molecule has 0 unspecified atom stereocenters. The third-order valence-corrected chi connectivity index (χ3v) is 4.24. The molecule has 0 aliphatic heterocycles. The molecule has 2 aromatic rings. The van der Waals surface area contributed by atoms with Crippen molar-refractivity contribution >= 4 is 11.5 Å². The number of unbranched alkanes of at least 4 members (excludes halogenated alkanes) is 1. The van der Waals surface area contributed by atoms with E-state index in [1.54, 1.807) is 0 Å². The molecule has 25 heavy (non-hydrogen) atoms. The number of carbonyl (C=O) groups excluding carboxylic acids is 1. The van der Waals surface area contributed by atoms with Gasteiger partial charge < -0.3 is 10.7 Å². The number of rotatable bonds is 11. The molecule has 0 bridgehead atoms. The molecule has 0 spiro atoms. The van der Waals surface area contributed by atoms with Gasteiger partial charge in [0, 0.05) is 31.6 Å². The molecule has 0 atom stereocenters. The fraction of sp³-hybridized carbons (Fsp3) is 0.364. The molecule has 0 aliphatic carbocycles.